The van der Waals surface area contributed by atoms with Crippen molar-refractivity contribution in [3.8, 4) is 0 Å². The molecular formula is C23H27ClN4OS. The molecule has 2 heterocycles. The van der Waals surface area contributed by atoms with E-state index < -0.39 is 0 Å². The number of benzene rings is 2. The van der Waals surface area contributed by atoms with Crippen molar-refractivity contribution in [2.45, 2.75) is 36.2 Å². The van der Waals surface area contributed by atoms with Crippen molar-refractivity contribution in [3.63, 3.8) is 0 Å². The van der Waals surface area contributed by atoms with Gasteiger partial charge >= 0.3 is 0 Å². The number of amides is 1. The lowest BCUT2D eigenvalue weighted by Gasteiger charge is -2.30. The third kappa shape index (κ3) is 3.82. The van der Waals surface area contributed by atoms with Crippen molar-refractivity contribution in [2.24, 2.45) is 17.6 Å². The fraction of sp³-hybridized carbons (Fsp3) is 0.435. The van der Waals surface area contributed by atoms with Crippen LogP contribution in [0.25, 0.3) is 0 Å². The Balaban J connectivity index is 1.36. The highest BCUT2D eigenvalue weighted by Crippen LogP contribution is 2.49. The zero-order chi connectivity index (χ0) is 20.7. The van der Waals surface area contributed by atoms with E-state index in [0.717, 1.165) is 34.8 Å². The third-order valence-corrected chi connectivity index (χ3v) is 7.80. The Morgan fingerprint density at radius 2 is 1.97 bits per heavy atom. The molecule has 5 nitrogen and oxygen atoms in total. The highest BCUT2D eigenvalue weighted by molar-refractivity contribution is 8.00. The first kappa shape index (κ1) is 20.2. The Morgan fingerprint density at radius 3 is 2.77 bits per heavy atom. The second kappa shape index (κ2) is 8.42. The number of hydrogen-bond acceptors (Lipinski definition) is 5. The van der Waals surface area contributed by atoms with Crippen LogP contribution in [0.3, 0.4) is 0 Å². The van der Waals surface area contributed by atoms with Gasteiger partial charge in [-0.25, -0.2) is 0 Å². The second-order valence-electron chi connectivity index (χ2n) is 8.38. The molecule has 2 aliphatic heterocycles. The Labute approximate surface area is 186 Å². The number of halogens is 1. The summed E-state index contributed by atoms with van der Waals surface area (Å²) in [6.45, 7) is 3.81. The number of nitrogens with two attached hydrogens (primary N) is 1. The minimum atomic E-state index is -0.229. The van der Waals surface area contributed by atoms with Crippen LogP contribution in [0.5, 0.6) is 0 Å². The topological polar surface area (TPSA) is 61.6 Å². The molecule has 7 heteroatoms. The number of hydrogen-bond donors (Lipinski definition) is 2. The molecule has 0 spiro atoms. The van der Waals surface area contributed by atoms with E-state index in [0.29, 0.717) is 17.5 Å². The quantitative estimate of drug-likeness (QED) is 0.702. The van der Waals surface area contributed by atoms with Crippen LogP contribution in [0.2, 0.25) is 5.02 Å². The van der Waals surface area contributed by atoms with Crippen molar-refractivity contribution in [1.82, 2.24) is 10.2 Å². The van der Waals surface area contributed by atoms with E-state index in [9.17, 15) is 4.79 Å². The summed E-state index contributed by atoms with van der Waals surface area (Å²) in [7, 11) is 0. The van der Waals surface area contributed by atoms with Crippen molar-refractivity contribution in [2.75, 3.05) is 24.5 Å². The molecule has 30 heavy (non-hydrogen) atoms. The molecule has 0 aromatic heterocycles. The summed E-state index contributed by atoms with van der Waals surface area (Å²) in [5.74, 6) is 0.762. The van der Waals surface area contributed by atoms with Gasteiger partial charge in [0.05, 0.1) is 16.4 Å². The van der Waals surface area contributed by atoms with Gasteiger partial charge in [0, 0.05) is 23.9 Å². The number of nitrogens with one attached hydrogen (secondary N) is 1. The summed E-state index contributed by atoms with van der Waals surface area (Å²) in [5.41, 5.74) is 8.70. The molecule has 5 rings (SSSR count). The molecule has 0 radical (unpaired) electrons. The number of fused-ring (bicyclic) bond motifs is 1. The first-order chi connectivity index (χ1) is 14.7. The smallest absolute Gasteiger partial charge is 0.225 e. The van der Waals surface area contributed by atoms with Gasteiger partial charge in [-0.2, -0.15) is 0 Å². The first-order valence-corrected chi connectivity index (χ1v) is 12.0. The molecular weight excluding hydrogens is 416 g/mol. The molecule has 2 fully saturated rings. The van der Waals surface area contributed by atoms with E-state index in [-0.39, 0.29) is 17.3 Å². The van der Waals surface area contributed by atoms with E-state index in [1.165, 1.54) is 25.9 Å². The SMILES string of the molecule is NCc1cccc(Cl)c1N1c2ccccc2SC1NC(=O)C1CC1CN1CCCC1. The van der Waals surface area contributed by atoms with Crippen LogP contribution in [-0.4, -0.2) is 35.9 Å². The predicted octanol–water partition coefficient (Wildman–Crippen LogP) is 4.17. The molecule has 1 amide bonds. The second-order valence-corrected chi connectivity index (χ2v) is 9.91. The number of likely N-dealkylation sites (tertiary alicyclic amines) is 1. The highest BCUT2D eigenvalue weighted by Gasteiger charge is 2.45. The van der Waals surface area contributed by atoms with Crippen LogP contribution < -0.4 is 16.0 Å². The van der Waals surface area contributed by atoms with E-state index in [1.807, 2.05) is 30.3 Å². The monoisotopic (exact) mass is 442 g/mol. The average molecular weight is 443 g/mol. The van der Waals surface area contributed by atoms with Crippen LogP contribution >= 0.6 is 23.4 Å². The lowest BCUT2D eigenvalue weighted by molar-refractivity contribution is -0.122. The van der Waals surface area contributed by atoms with Gasteiger partial charge in [0.2, 0.25) is 5.91 Å². The number of para-hydroxylation sites is 2. The van der Waals surface area contributed by atoms with Crippen molar-refractivity contribution < 1.29 is 4.79 Å². The number of carbonyl (C=O) groups is 1. The Hall–Kier alpha value is -1.73. The summed E-state index contributed by atoms with van der Waals surface area (Å²) in [6, 6.07) is 14.0. The lowest BCUT2D eigenvalue weighted by Crippen LogP contribution is -2.43. The summed E-state index contributed by atoms with van der Waals surface area (Å²) < 4.78 is 0. The standard InChI is InChI=1S/C23H27ClN4OS/c24-18-7-5-6-15(13-25)21(18)28-19-8-1-2-9-20(19)30-23(28)26-22(29)17-12-16(17)14-27-10-3-4-11-27/h1-2,5-9,16-17,23H,3-4,10-14,25H2,(H,26,29). The highest BCUT2D eigenvalue weighted by atomic mass is 35.5. The number of rotatable bonds is 6. The molecule has 3 N–H and O–H groups in total. The van der Waals surface area contributed by atoms with E-state index in [2.05, 4.69) is 27.2 Å². The molecule has 0 bridgehead atoms. The summed E-state index contributed by atoms with van der Waals surface area (Å²) in [5, 5.41) is 3.95. The van der Waals surface area contributed by atoms with Crippen LogP contribution in [0.4, 0.5) is 11.4 Å². The van der Waals surface area contributed by atoms with Crippen LogP contribution in [0.15, 0.2) is 47.4 Å². The van der Waals surface area contributed by atoms with Gasteiger partial charge < -0.3 is 20.9 Å². The van der Waals surface area contributed by atoms with Gasteiger partial charge in [0.15, 0.2) is 5.50 Å². The summed E-state index contributed by atoms with van der Waals surface area (Å²) >= 11 is 8.28. The van der Waals surface area contributed by atoms with Crippen LogP contribution in [0.1, 0.15) is 24.8 Å². The predicted molar refractivity (Wildman–Crippen MR) is 123 cm³/mol. The average Bonchev–Trinajstić information content (AvgIpc) is 3.15. The van der Waals surface area contributed by atoms with Crippen LogP contribution in [-0.2, 0) is 11.3 Å². The maximum atomic E-state index is 13.1. The minimum absolute atomic E-state index is 0.122. The fourth-order valence-corrected chi connectivity index (χ4v) is 6.15. The van der Waals surface area contributed by atoms with Gasteiger partial charge in [-0.05, 0) is 62.0 Å². The normalized spacial score (nSPS) is 25.4. The molecule has 3 unspecified atom stereocenters. The fourth-order valence-electron chi connectivity index (χ4n) is 4.68. The summed E-state index contributed by atoms with van der Waals surface area (Å²) in [4.78, 5) is 18.9. The first-order valence-electron chi connectivity index (χ1n) is 10.7. The van der Waals surface area contributed by atoms with Crippen molar-refractivity contribution in [3.05, 3.63) is 53.1 Å². The Bertz CT molecular complexity index is 949. The van der Waals surface area contributed by atoms with Gasteiger partial charge in [-0.15, -0.1) is 0 Å². The Kier molecular flexibility index (Phi) is 5.67. The molecule has 1 aliphatic carbocycles. The molecule has 2 aromatic rings. The van der Waals surface area contributed by atoms with Gasteiger partial charge in [0.1, 0.15) is 0 Å². The molecule has 1 saturated heterocycles. The molecule has 1 saturated carbocycles. The zero-order valence-electron chi connectivity index (χ0n) is 16.9. The zero-order valence-corrected chi connectivity index (χ0v) is 18.5. The maximum Gasteiger partial charge on any atom is 0.225 e. The van der Waals surface area contributed by atoms with Crippen molar-refractivity contribution >= 4 is 40.6 Å². The molecule has 3 aliphatic rings. The maximum absolute atomic E-state index is 13.1. The van der Waals surface area contributed by atoms with Crippen LogP contribution in [0, 0.1) is 11.8 Å². The number of anilines is 2. The van der Waals surface area contributed by atoms with E-state index in [1.54, 1.807) is 11.8 Å². The lowest BCUT2D eigenvalue weighted by atomic mass is 10.1. The Morgan fingerprint density at radius 1 is 1.17 bits per heavy atom. The van der Waals surface area contributed by atoms with Gasteiger partial charge in [0.25, 0.3) is 0 Å². The number of thioether (sulfide) groups is 1. The largest absolute Gasteiger partial charge is 0.326 e. The summed E-state index contributed by atoms with van der Waals surface area (Å²) in [6.07, 6.45) is 3.57. The van der Waals surface area contributed by atoms with Crippen molar-refractivity contribution in [1.29, 1.82) is 0 Å². The van der Waals surface area contributed by atoms with E-state index >= 15 is 0 Å². The van der Waals surface area contributed by atoms with E-state index in [4.69, 9.17) is 17.3 Å². The number of nitrogens with zero attached hydrogens (tertiary/aromatic N) is 2. The number of carbonyl (C=O) groups excluding carboxylic acids is 1. The molecule has 3 atom stereocenters. The van der Waals surface area contributed by atoms with Gasteiger partial charge in [-0.1, -0.05) is 47.6 Å². The third-order valence-electron chi connectivity index (χ3n) is 6.35. The minimum Gasteiger partial charge on any atom is -0.326 e. The molecule has 158 valence electrons. The molecule has 2 aromatic carbocycles. The van der Waals surface area contributed by atoms with Gasteiger partial charge in [-0.3, -0.25) is 4.79 Å².